The third-order valence-electron chi connectivity index (χ3n) is 3.13. The van der Waals surface area contributed by atoms with Gasteiger partial charge in [0.2, 0.25) is 5.91 Å². The van der Waals surface area contributed by atoms with Gasteiger partial charge in [-0.05, 0) is 12.1 Å². The largest absolute Gasteiger partial charge is 0.367 e. The van der Waals surface area contributed by atoms with Gasteiger partial charge in [0, 0.05) is 26.2 Å². The van der Waals surface area contributed by atoms with Crippen molar-refractivity contribution < 1.29 is 9.59 Å². The van der Waals surface area contributed by atoms with Crippen molar-refractivity contribution >= 4 is 40.8 Å². The van der Waals surface area contributed by atoms with Crippen molar-refractivity contribution in [2.45, 2.75) is 0 Å². The number of imide groups is 1. The molecule has 0 aliphatic carbocycles. The van der Waals surface area contributed by atoms with E-state index < -0.39 is 11.9 Å². The monoisotopic (exact) mass is 315 g/mol. The molecule has 108 valence electrons. The summed E-state index contributed by atoms with van der Waals surface area (Å²) >= 11 is 11.5. The maximum Gasteiger partial charge on any atom is 0.324 e. The molecule has 0 unspecified atom stereocenters. The van der Waals surface area contributed by atoms with Crippen molar-refractivity contribution in [1.29, 1.82) is 0 Å². The molecular weight excluding hydrogens is 301 g/mol. The molecule has 0 aromatic heterocycles. The highest BCUT2D eigenvalue weighted by Crippen LogP contribution is 2.25. The first-order valence-electron chi connectivity index (χ1n) is 6.26. The number of rotatable bonds is 2. The van der Waals surface area contributed by atoms with Crippen molar-refractivity contribution in [3.05, 3.63) is 29.3 Å². The Morgan fingerprint density at radius 1 is 1.15 bits per heavy atom. The highest BCUT2D eigenvalue weighted by atomic mass is 35.5. The number of hydrogen-bond donors (Lipinski definition) is 1. The minimum atomic E-state index is -0.481. The van der Waals surface area contributed by atoms with Crippen molar-refractivity contribution in [2.24, 2.45) is 0 Å². The van der Waals surface area contributed by atoms with Gasteiger partial charge in [-0.3, -0.25) is 10.1 Å². The number of halogens is 2. The Kier molecular flexibility index (Phi) is 5.09. The van der Waals surface area contributed by atoms with Crippen LogP contribution in [-0.4, -0.2) is 48.9 Å². The van der Waals surface area contributed by atoms with Crippen molar-refractivity contribution in [1.82, 2.24) is 10.2 Å². The molecule has 3 amide bonds. The Bertz CT molecular complexity index is 502. The minimum absolute atomic E-state index is 0.217. The Hall–Kier alpha value is -1.46. The van der Waals surface area contributed by atoms with Gasteiger partial charge in [0.15, 0.2) is 0 Å². The van der Waals surface area contributed by atoms with E-state index in [1.54, 1.807) is 4.90 Å². The smallest absolute Gasteiger partial charge is 0.324 e. The zero-order valence-corrected chi connectivity index (χ0v) is 12.3. The first-order valence-corrected chi connectivity index (χ1v) is 7.17. The summed E-state index contributed by atoms with van der Waals surface area (Å²) in [7, 11) is 0. The Morgan fingerprint density at radius 3 is 2.40 bits per heavy atom. The molecule has 0 radical (unpaired) electrons. The van der Waals surface area contributed by atoms with Crippen molar-refractivity contribution in [2.75, 3.05) is 37.0 Å². The summed E-state index contributed by atoms with van der Waals surface area (Å²) in [4.78, 5) is 26.6. The molecule has 1 aliphatic rings. The van der Waals surface area contributed by atoms with Gasteiger partial charge >= 0.3 is 6.03 Å². The van der Waals surface area contributed by atoms with Crippen LogP contribution in [0.4, 0.5) is 10.5 Å². The van der Waals surface area contributed by atoms with E-state index in [0.717, 1.165) is 5.69 Å². The third kappa shape index (κ3) is 3.55. The lowest BCUT2D eigenvalue weighted by Crippen LogP contribution is -2.53. The highest BCUT2D eigenvalue weighted by Gasteiger charge is 2.23. The number of alkyl halides is 1. The molecule has 1 heterocycles. The van der Waals surface area contributed by atoms with Gasteiger partial charge < -0.3 is 9.80 Å². The van der Waals surface area contributed by atoms with Gasteiger partial charge in [-0.25, -0.2) is 4.79 Å². The van der Waals surface area contributed by atoms with E-state index in [4.69, 9.17) is 23.2 Å². The average Bonchev–Trinajstić information content (AvgIpc) is 2.47. The van der Waals surface area contributed by atoms with E-state index in [-0.39, 0.29) is 5.88 Å². The third-order valence-corrected chi connectivity index (χ3v) is 3.69. The van der Waals surface area contributed by atoms with Crippen LogP contribution in [0.1, 0.15) is 0 Å². The van der Waals surface area contributed by atoms with Crippen molar-refractivity contribution in [3.8, 4) is 0 Å². The quantitative estimate of drug-likeness (QED) is 0.849. The Labute approximate surface area is 127 Å². The lowest BCUT2D eigenvalue weighted by molar-refractivity contribution is -0.117. The van der Waals surface area contributed by atoms with Crippen LogP contribution >= 0.6 is 23.2 Å². The van der Waals surface area contributed by atoms with Crippen LogP contribution in [-0.2, 0) is 4.79 Å². The molecule has 1 N–H and O–H groups in total. The second-order valence-electron chi connectivity index (χ2n) is 4.41. The molecule has 0 spiro atoms. The van der Waals surface area contributed by atoms with Crippen molar-refractivity contribution in [3.63, 3.8) is 0 Å². The predicted octanol–water partition coefficient (Wildman–Crippen LogP) is 1.94. The topological polar surface area (TPSA) is 52.7 Å². The van der Waals surface area contributed by atoms with E-state index in [9.17, 15) is 9.59 Å². The second kappa shape index (κ2) is 6.81. The van der Waals surface area contributed by atoms with E-state index >= 15 is 0 Å². The van der Waals surface area contributed by atoms with Gasteiger partial charge in [-0.15, -0.1) is 11.6 Å². The number of nitrogens with zero attached hydrogens (tertiary/aromatic N) is 2. The van der Waals surface area contributed by atoms with Gasteiger partial charge in [0.05, 0.1) is 10.7 Å². The highest BCUT2D eigenvalue weighted by molar-refractivity contribution is 6.33. The van der Waals surface area contributed by atoms with Crippen LogP contribution in [0.25, 0.3) is 0 Å². The molecule has 0 saturated carbocycles. The molecule has 0 atom stereocenters. The maximum atomic E-state index is 11.8. The summed E-state index contributed by atoms with van der Waals surface area (Å²) in [5.74, 6) is -0.698. The number of nitrogens with one attached hydrogen (secondary N) is 1. The molecular formula is C13H15Cl2N3O2. The molecule has 1 saturated heterocycles. The summed E-state index contributed by atoms with van der Waals surface area (Å²) in [5, 5.41) is 2.93. The molecule has 1 aliphatic heterocycles. The Morgan fingerprint density at radius 2 is 1.80 bits per heavy atom. The van der Waals surface area contributed by atoms with Crippen LogP contribution < -0.4 is 10.2 Å². The van der Waals surface area contributed by atoms with Crippen LogP contribution in [0.15, 0.2) is 24.3 Å². The predicted molar refractivity (Wildman–Crippen MR) is 79.5 cm³/mol. The van der Waals surface area contributed by atoms with E-state index in [1.807, 2.05) is 24.3 Å². The van der Waals surface area contributed by atoms with Crippen LogP contribution in [0.3, 0.4) is 0 Å². The van der Waals surface area contributed by atoms with E-state index in [1.165, 1.54) is 0 Å². The number of anilines is 1. The van der Waals surface area contributed by atoms with Gasteiger partial charge in [-0.2, -0.15) is 0 Å². The lowest BCUT2D eigenvalue weighted by atomic mass is 10.2. The minimum Gasteiger partial charge on any atom is -0.367 e. The fourth-order valence-electron chi connectivity index (χ4n) is 2.09. The summed E-state index contributed by atoms with van der Waals surface area (Å²) < 4.78 is 0. The Balaban J connectivity index is 1.91. The number of carbonyl (C=O) groups is 2. The number of benzene rings is 1. The number of amides is 3. The number of urea groups is 1. The van der Waals surface area contributed by atoms with Crippen LogP contribution in [0.2, 0.25) is 5.02 Å². The summed E-state index contributed by atoms with van der Waals surface area (Å²) in [6.07, 6.45) is 0. The standard InChI is InChI=1S/C13H15Cl2N3O2/c14-9-12(19)16-13(20)18-7-5-17(6-8-18)11-4-2-1-3-10(11)15/h1-4H,5-9H2,(H,16,19,20). The summed E-state index contributed by atoms with van der Waals surface area (Å²) in [6, 6.07) is 7.21. The summed E-state index contributed by atoms with van der Waals surface area (Å²) in [5.41, 5.74) is 0.964. The van der Waals surface area contributed by atoms with Gasteiger partial charge in [0.25, 0.3) is 0 Å². The summed E-state index contributed by atoms with van der Waals surface area (Å²) in [6.45, 7) is 2.41. The lowest BCUT2D eigenvalue weighted by Gasteiger charge is -2.36. The number of piperazine rings is 1. The molecule has 2 rings (SSSR count). The van der Waals surface area contributed by atoms with E-state index in [2.05, 4.69) is 10.2 Å². The van der Waals surface area contributed by atoms with Crippen LogP contribution in [0.5, 0.6) is 0 Å². The second-order valence-corrected chi connectivity index (χ2v) is 5.09. The first-order chi connectivity index (χ1) is 9.61. The molecule has 0 bridgehead atoms. The van der Waals surface area contributed by atoms with Crippen LogP contribution in [0, 0.1) is 0 Å². The molecule has 20 heavy (non-hydrogen) atoms. The molecule has 5 nitrogen and oxygen atoms in total. The maximum absolute atomic E-state index is 11.8. The SMILES string of the molecule is O=C(CCl)NC(=O)N1CCN(c2ccccc2Cl)CC1. The fourth-order valence-corrected chi connectivity index (χ4v) is 2.41. The van der Waals surface area contributed by atoms with E-state index in [0.29, 0.717) is 31.2 Å². The zero-order chi connectivity index (χ0) is 14.5. The number of carbonyl (C=O) groups excluding carboxylic acids is 2. The molecule has 7 heteroatoms. The first kappa shape index (κ1) is 14.9. The zero-order valence-electron chi connectivity index (χ0n) is 10.8. The number of para-hydroxylation sites is 1. The average molecular weight is 316 g/mol. The number of hydrogen-bond acceptors (Lipinski definition) is 3. The fraction of sp³-hybridized carbons (Fsp3) is 0.385. The molecule has 1 aromatic carbocycles. The normalized spacial score (nSPS) is 15.1. The van der Waals surface area contributed by atoms with Gasteiger partial charge in [-0.1, -0.05) is 23.7 Å². The molecule has 1 aromatic rings. The molecule has 1 fully saturated rings. The van der Waals surface area contributed by atoms with Gasteiger partial charge in [0.1, 0.15) is 5.88 Å².